The molecule has 25 heavy (non-hydrogen) atoms. The third-order valence-corrected chi connectivity index (χ3v) is 6.27. The monoisotopic (exact) mass is 361 g/mol. The second-order valence-corrected chi connectivity index (χ2v) is 8.77. The van der Waals surface area contributed by atoms with E-state index in [9.17, 15) is 13.5 Å². The second-order valence-electron chi connectivity index (χ2n) is 7.06. The van der Waals surface area contributed by atoms with Crippen LogP contribution in [-0.2, 0) is 16.4 Å². The van der Waals surface area contributed by atoms with Gasteiger partial charge in [0.2, 0.25) is 10.0 Å². The molecule has 0 fully saturated rings. The fraction of sp³-hybridized carbons (Fsp3) is 0.400. The number of hydrogen-bond donors (Lipinski definition) is 2. The van der Waals surface area contributed by atoms with E-state index >= 15 is 0 Å². The largest absolute Gasteiger partial charge is 0.388 e. The van der Waals surface area contributed by atoms with Crippen molar-refractivity contribution < 1.29 is 13.5 Å². The summed E-state index contributed by atoms with van der Waals surface area (Å²) in [4.78, 5) is 0.204. The molecule has 2 N–H and O–H groups in total. The number of benzene rings is 2. The number of aliphatic hydroxyl groups is 1. The maximum atomic E-state index is 12.8. The van der Waals surface area contributed by atoms with Crippen molar-refractivity contribution >= 4 is 10.0 Å². The van der Waals surface area contributed by atoms with Gasteiger partial charge in [-0.3, -0.25) is 0 Å². The van der Waals surface area contributed by atoms with Gasteiger partial charge in [0.05, 0.1) is 16.5 Å². The zero-order chi connectivity index (χ0) is 18.7. The molecular formula is C20H27NO3S. The van der Waals surface area contributed by atoms with E-state index in [4.69, 9.17) is 0 Å². The van der Waals surface area contributed by atoms with Crippen molar-refractivity contribution in [3.63, 3.8) is 0 Å². The Morgan fingerprint density at radius 2 is 1.60 bits per heavy atom. The van der Waals surface area contributed by atoms with E-state index < -0.39 is 21.7 Å². The van der Waals surface area contributed by atoms with Crippen molar-refractivity contribution in [1.82, 2.24) is 4.72 Å². The molecule has 2 aromatic rings. The summed E-state index contributed by atoms with van der Waals surface area (Å²) >= 11 is 0. The van der Waals surface area contributed by atoms with Crippen molar-refractivity contribution in [1.29, 1.82) is 0 Å². The molecule has 2 rings (SSSR count). The van der Waals surface area contributed by atoms with E-state index in [-0.39, 0.29) is 10.8 Å². The van der Waals surface area contributed by atoms with Crippen LogP contribution in [0.4, 0.5) is 0 Å². The first-order valence-corrected chi connectivity index (χ1v) is 9.96. The predicted octanol–water partition coefficient (Wildman–Crippen LogP) is 3.29. The molecule has 0 radical (unpaired) electrons. The molecule has 0 aliphatic heterocycles. The summed E-state index contributed by atoms with van der Waals surface area (Å²) in [6, 6.07) is 15.7. The highest BCUT2D eigenvalue weighted by atomic mass is 32.2. The van der Waals surface area contributed by atoms with Gasteiger partial charge in [0.15, 0.2) is 0 Å². The maximum absolute atomic E-state index is 12.8. The van der Waals surface area contributed by atoms with Crippen molar-refractivity contribution in [3.05, 3.63) is 65.7 Å². The van der Waals surface area contributed by atoms with Gasteiger partial charge in [-0.2, -0.15) is 0 Å². The summed E-state index contributed by atoms with van der Waals surface area (Å²) < 4.78 is 28.3. The quantitative estimate of drug-likeness (QED) is 0.795. The van der Waals surface area contributed by atoms with E-state index in [0.29, 0.717) is 6.42 Å². The highest BCUT2D eigenvalue weighted by molar-refractivity contribution is 7.89. The number of rotatable bonds is 7. The van der Waals surface area contributed by atoms with Gasteiger partial charge in [0.25, 0.3) is 0 Å². The lowest BCUT2D eigenvalue weighted by atomic mass is 9.82. The fourth-order valence-corrected chi connectivity index (χ4v) is 3.92. The molecule has 0 aliphatic rings. The average Bonchev–Trinajstić information content (AvgIpc) is 2.55. The lowest BCUT2D eigenvalue weighted by Crippen LogP contribution is -2.54. The van der Waals surface area contributed by atoms with E-state index in [0.717, 1.165) is 11.1 Å². The second kappa shape index (κ2) is 7.68. The Labute approximate surface area is 151 Å². The van der Waals surface area contributed by atoms with Crippen LogP contribution in [0.25, 0.3) is 0 Å². The van der Waals surface area contributed by atoms with Crippen LogP contribution >= 0.6 is 0 Å². The van der Waals surface area contributed by atoms with E-state index in [1.165, 1.54) is 0 Å². The molecule has 0 saturated carbocycles. The molecule has 0 heterocycles. The standard InChI is InChI=1S/C20H27NO3S/c1-15(2)20(4,22)19(14-17-8-6-5-7-9-17)21-25(23,24)18-12-10-16(3)11-13-18/h5-13,15,19,21-22H,14H2,1-4H3/t19-,20-/m0/s1. The molecule has 5 heteroatoms. The molecule has 4 nitrogen and oxygen atoms in total. The van der Waals surface area contributed by atoms with Crippen molar-refractivity contribution in [3.8, 4) is 0 Å². The Balaban J connectivity index is 2.33. The van der Waals surface area contributed by atoms with Crippen LogP contribution in [0.5, 0.6) is 0 Å². The van der Waals surface area contributed by atoms with Gasteiger partial charge in [-0.25, -0.2) is 13.1 Å². The number of nitrogens with one attached hydrogen (secondary N) is 1. The molecule has 136 valence electrons. The van der Waals surface area contributed by atoms with Gasteiger partial charge in [0.1, 0.15) is 0 Å². The van der Waals surface area contributed by atoms with E-state index in [1.54, 1.807) is 31.2 Å². The molecule has 0 aliphatic carbocycles. The van der Waals surface area contributed by atoms with Gasteiger partial charge in [-0.15, -0.1) is 0 Å². The van der Waals surface area contributed by atoms with Gasteiger partial charge in [0, 0.05) is 0 Å². The third kappa shape index (κ3) is 4.91. The van der Waals surface area contributed by atoms with Crippen LogP contribution < -0.4 is 4.72 Å². The molecular weight excluding hydrogens is 334 g/mol. The number of sulfonamides is 1. The zero-order valence-electron chi connectivity index (χ0n) is 15.2. The summed E-state index contributed by atoms with van der Waals surface area (Å²) in [5.41, 5.74) is 0.780. The normalized spacial score (nSPS) is 15.8. The van der Waals surface area contributed by atoms with E-state index in [2.05, 4.69) is 4.72 Å². The molecule has 2 atom stereocenters. The minimum absolute atomic E-state index is 0.109. The lowest BCUT2D eigenvalue weighted by molar-refractivity contribution is -0.0158. The van der Waals surface area contributed by atoms with Crippen LogP contribution in [0.3, 0.4) is 0 Å². The minimum Gasteiger partial charge on any atom is -0.388 e. The highest BCUT2D eigenvalue weighted by Gasteiger charge is 2.37. The van der Waals surface area contributed by atoms with Crippen LogP contribution in [-0.4, -0.2) is 25.2 Å². The predicted molar refractivity (Wildman–Crippen MR) is 101 cm³/mol. The number of hydrogen-bond acceptors (Lipinski definition) is 3. The van der Waals surface area contributed by atoms with Crippen molar-refractivity contribution in [2.45, 2.75) is 50.7 Å². The van der Waals surface area contributed by atoms with Gasteiger partial charge >= 0.3 is 0 Å². The summed E-state index contributed by atoms with van der Waals surface area (Å²) in [6.07, 6.45) is 0.414. The number of aryl methyl sites for hydroxylation is 1. The van der Waals surface area contributed by atoms with Crippen molar-refractivity contribution in [2.75, 3.05) is 0 Å². The lowest BCUT2D eigenvalue weighted by Gasteiger charge is -2.37. The van der Waals surface area contributed by atoms with Gasteiger partial charge < -0.3 is 5.11 Å². The topological polar surface area (TPSA) is 66.4 Å². The first-order valence-electron chi connectivity index (χ1n) is 8.48. The molecule has 0 saturated heterocycles. The Morgan fingerprint density at radius 1 is 1.04 bits per heavy atom. The SMILES string of the molecule is Cc1ccc(S(=O)(=O)N[C@@H](Cc2ccccc2)[C@@](C)(O)C(C)C)cc1. The van der Waals surface area contributed by atoms with Crippen LogP contribution in [0.1, 0.15) is 31.9 Å². The van der Waals surface area contributed by atoms with Crippen LogP contribution in [0.2, 0.25) is 0 Å². The molecule has 0 aromatic heterocycles. The highest BCUT2D eigenvalue weighted by Crippen LogP contribution is 2.25. The molecule has 0 spiro atoms. The molecule has 0 bridgehead atoms. The summed E-state index contributed by atoms with van der Waals surface area (Å²) in [6.45, 7) is 7.37. The van der Waals surface area contributed by atoms with Crippen LogP contribution in [0, 0.1) is 12.8 Å². The summed E-state index contributed by atoms with van der Waals surface area (Å²) in [7, 11) is -3.72. The molecule has 0 amide bonds. The Morgan fingerprint density at radius 3 is 2.12 bits per heavy atom. The smallest absolute Gasteiger partial charge is 0.240 e. The zero-order valence-corrected chi connectivity index (χ0v) is 16.0. The Bertz CT molecular complexity index is 781. The first kappa shape index (κ1) is 19.6. The van der Waals surface area contributed by atoms with Crippen LogP contribution in [0.15, 0.2) is 59.5 Å². The third-order valence-electron chi connectivity index (χ3n) is 4.79. The van der Waals surface area contributed by atoms with Gasteiger partial charge in [-0.05, 0) is 43.9 Å². The molecule has 0 unspecified atom stereocenters. The van der Waals surface area contributed by atoms with Crippen molar-refractivity contribution in [2.24, 2.45) is 5.92 Å². The first-order chi connectivity index (χ1) is 11.6. The Kier molecular flexibility index (Phi) is 6.03. The van der Waals surface area contributed by atoms with E-state index in [1.807, 2.05) is 51.1 Å². The fourth-order valence-electron chi connectivity index (χ4n) is 2.59. The minimum atomic E-state index is -3.72. The molecule has 2 aromatic carbocycles. The Hall–Kier alpha value is -1.69. The van der Waals surface area contributed by atoms with Gasteiger partial charge in [-0.1, -0.05) is 61.9 Å². The average molecular weight is 362 g/mol. The summed E-state index contributed by atoms with van der Waals surface area (Å²) in [5, 5.41) is 10.9. The maximum Gasteiger partial charge on any atom is 0.240 e. The summed E-state index contributed by atoms with van der Waals surface area (Å²) in [5.74, 6) is -0.109.